The van der Waals surface area contributed by atoms with Crippen molar-refractivity contribution in [2.24, 2.45) is 5.84 Å². The normalized spacial score (nSPS) is 11.5. The standard InChI is InChI=1S/C12H20F2N4S/c1-4-12(5-2,19-3)7-16-10-8(13)6-9(14)11(17-10)18-15/h6H,4-5,7,15H2,1-3H3,(H2,16,17,18). The van der Waals surface area contributed by atoms with Gasteiger partial charge in [0.2, 0.25) is 0 Å². The SMILES string of the molecule is CCC(CC)(CNc1nc(NN)c(F)cc1F)SC. The second kappa shape index (κ2) is 6.91. The van der Waals surface area contributed by atoms with E-state index in [0.29, 0.717) is 6.54 Å². The molecule has 0 bridgehead atoms. The van der Waals surface area contributed by atoms with Gasteiger partial charge >= 0.3 is 0 Å². The molecular formula is C12H20F2N4S. The number of thioether (sulfide) groups is 1. The molecule has 0 saturated heterocycles. The lowest BCUT2D eigenvalue weighted by atomic mass is 10.0. The van der Waals surface area contributed by atoms with E-state index in [-0.39, 0.29) is 16.4 Å². The van der Waals surface area contributed by atoms with Gasteiger partial charge in [0.25, 0.3) is 0 Å². The molecule has 0 radical (unpaired) electrons. The number of rotatable bonds is 7. The van der Waals surface area contributed by atoms with Crippen molar-refractivity contribution >= 4 is 23.4 Å². The molecule has 0 saturated carbocycles. The molecule has 0 atom stereocenters. The number of nitrogens with zero attached hydrogens (tertiary/aromatic N) is 1. The fourth-order valence-corrected chi connectivity index (χ4v) is 2.59. The van der Waals surface area contributed by atoms with Gasteiger partial charge in [-0.3, -0.25) is 0 Å². The molecule has 1 aromatic heterocycles. The summed E-state index contributed by atoms with van der Waals surface area (Å²) in [6.07, 6.45) is 3.92. The van der Waals surface area contributed by atoms with E-state index < -0.39 is 11.6 Å². The van der Waals surface area contributed by atoms with Crippen LogP contribution in [-0.4, -0.2) is 22.5 Å². The molecule has 0 aliphatic rings. The number of anilines is 2. The predicted octanol–water partition coefficient (Wildman–Crippen LogP) is 2.98. The number of pyridine rings is 1. The minimum Gasteiger partial charge on any atom is -0.366 e. The van der Waals surface area contributed by atoms with Crippen LogP contribution in [0.3, 0.4) is 0 Å². The topological polar surface area (TPSA) is 63.0 Å². The van der Waals surface area contributed by atoms with E-state index in [2.05, 4.69) is 29.6 Å². The number of nitrogens with two attached hydrogens (primary N) is 1. The van der Waals surface area contributed by atoms with E-state index in [1.165, 1.54) is 0 Å². The summed E-state index contributed by atoms with van der Waals surface area (Å²) in [5.41, 5.74) is 2.10. The summed E-state index contributed by atoms with van der Waals surface area (Å²) in [4.78, 5) is 3.79. The van der Waals surface area contributed by atoms with Gasteiger partial charge in [-0.25, -0.2) is 19.6 Å². The number of aromatic nitrogens is 1. The van der Waals surface area contributed by atoms with Gasteiger partial charge in [0.05, 0.1) is 0 Å². The van der Waals surface area contributed by atoms with Crippen molar-refractivity contribution in [3.63, 3.8) is 0 Å². The second-order valence-electron chi connectivity index (χ2n) is 4.24. The van der Waals surface area contributed by atoms with E-state index >= 15 is 0 Å². The van der Waals surface area contributed by atoms with Gasteiger partial charge in [-0.05, 0) is 19.1 Å². The molecule has 0 spiro atoms. The van der Waals surface area contributed by atoms with Crippen molar-refractivity contribution in [3.05, 3.63) is 17.7 Å². The highest BCUT2D eigenvalue weighted by molar-refractivity contribution is 8.00. The van der Waals surface area contributed by atoms with E-state index in [1.54, 1.807) is 11.8 Å². The lowest BCUT2D eigenvalue weighted by Crippen LogP contribution is -2.32. The Balaban J connectivity index is 2.88. The molecule has 4 N–H and O–H groups in total. The highest BCUT2D eigenvalue weighted by atomic mass is 32.2. The zero-order valence-corrected chi connectivity index (χ0v) is 12.2. The number of hydrazine groups is 1. The van der Waals surface area contributed by atoms with Crippen LogP contribution in [0.4, 0.5) is 20.4 Å². The summed E-state index contributed by atoms with van der Waals surface area (Å²) in [6, 6.07) is 0.767. The van der Waals surface area contributed by atoms with Crippen molar-refractivity contribution in [3.8, 4) is 0 Å². The van der Waals surface area contributed by atoms with Gasteiger partial charge in [-0.15, -0.1) is 0 Å². The van der Waals surface area contributed by atoms with Crippen molar-refractivity contribution in [2.45, 2.75) is 31.4 Å². The van der Waals surface area contributed by atoms with Gasteiger partial charge in [-0.1, -0.05) is 13.8 Å². The average molecular weight is 290 g/mol. The Bertz CT molecular complexity index is 416. The van der Waals surface area contributed by atoms with Crippen LogP contribution in [0.5, 0.6) is 0 Å². The molecule has 1 rings (SSSR count). The van der Waals surface area contributed by atoms with Crippen molar-refractivity contribution in [2.75, 3.05) is 23.5 Å². The zero-order valence-electron chi connectivity index (χ0n) is 11.4. The monoisotopic (exact) mass is 290 g/mol. The number of hydrogen-bond donors (Lipinski definition) is 3. The lowest BCUT2D eigenvalue weighted by molar-refractivity contribution is 0.560. The van der Waals surface area contributed by atoms with Gasteiger partial charge in [-0.2, -0.15) is 11.8 Å². The minimum atomic E-state index is -0.812. The Morgan fingerprint density at radius 3 is 2.32 bits per heavy atom. The van der Waals surface area contributed by atoms with Crippen molar-refractivity contribution < 1.29 is 8.78 Å². The maximum atomic E-state index is 13.6. The van der Waals surface area contributed by atoms with Gasteiger partial charge in [0.1, 0.15) is 0 Å². The molecule has 0 aromatic carbocycles. The average Bonchev–Trinajstić information content (AvgIpc) is 2.43. The Kier molecular flexibility index (Phi) is 5.81. The van der Waals surface area contributed by atoms with Crippen LogP contribution < -0.4 is 16.6 Å². The number of nitrogens with one attached hydrogen (secondary N) is 2. The Morgan fingerprint density at radius 2 is 1.84 bits per heavy atom. The first-order valence-corrected chi connectivity index (χ1v) is 7.36. The molecule has 0 aliphatic heterocycles. The summed E-state index contributed by atoms with van der Waals surface area (Å²) in [7, 11) is 0. The molecule has 108 valence electrons. The summed E-state index contributed by atoms with van der Waals surface area (Å²) < 4.78 is 26.9. The molecule has 1 aromatic rings. The van der Waals surface area contributed by atoms with E-state index in [1.807, 2.05) is 6.26 Å². The van der Waals surface area contributed by atoms with Crippen molar-refractivity contribution in [1.82, 2.24) is 4.98 Å². The van der Waals surface area contributed by atoms with E-state index in [9.17, 15) is 8.78 Å². The molecule has 1 heterocycles. The Hall–Kier alpha value is -1.08. The zero-order chi connectivity index (χ0) is 14.5. The smallest absolute Gasteiger partial charge is 0.178 e. The highest BCUT2D eigenvalue weighted by Gasteiger charge is 2.25. The minimum absolute atomic E-state index is 0.00896. The number of halogens is 2. The van der Waals surface area contributed by atoms with Gasteiger partial charge in [0.15, 0.2) is 23.3 Å². The van der Waals surface area contributed by atoms with Crippen LogP contribution in [0.25, 0.3) is 0 Å². The van der Waals surface area contributed by atoms with Crippen LogP contribution in [0.1, 0.15) is 26.7 Å². The molecular weight excluding hydrogens is 270 g/mol. The third kappa shape index (κ3) is 3.70. The summed E-state index contributed by atoms with van der Waals surface area (Å²) >= 11 is 1.73. The fraction of sp³-hybridized carbons (Fsp3) is 0.583. The van der Waals surface area contributed by atoms with Crippen LogP contribution in [-0.2, 0) is 0 Å². The fourth-order valence-electron chi connectivity index (χ4n) is 1.80. The maximum absolute atomic E-state index is 13.6. The van der Waals surface area contributed by atoms with Crippen LogP contribution in [0.15, 0.2) is 6.07 Å². The molecule has 0 amide bonds. The first kappa shape index (κ1) is 16.0. The third-order valence-corrected chi connectivity index (χ3v) is 4.95. The first-order chi connectivity index (χ1) is 9.01. The molecule has 0 aliphatic carbocycles. The summed E-state index contributed by atoms with van der Waals surface area (Å²) in [5.74, 6) is 3.42. The number of hydrogen-bond acceptors (Lipinski definition) is 5. The molecule has 7 heteroatoms. The summed E-state index contributed by atoms with van der Waals surface area (Å²) in [5, 5.41) is 2.94. The lowest BCUT2D eigenvalue weighted by Gasteiger charge is -2.30. The van der Waals surface area contributed by atoms with Gasteiger partial charge < -0.3 is 10.7 Å². The van der Waals surface area contributed by atoms with Gasteiger partial charge in [0, 0.05) is 17.4 Å². The first-order valence-electron chi connectivity index (χ1n) is 6.13. The molecule has 0 unspecified atom stereocenters. The van der Waals surface area contributed by atoms with E-state index in [4.69, 9.17) is 5.84 Å². The Labute approximate surface area is 116 Å². The maximum Gasteiger partial charge on any atom is 0.178 e. The molecule has 4 nitrogen and oxygen atoms in total. The van der Waals surface area contributed by atoms with E-state index in [0.717, 1.165) is 18.9 Å². The number of nitrogen functional groups attached to an aromatic ring is 1. The molecule has 19 heavy (non-hydrogen) atoms. The second-order valence-corrected chi connectivity index (χ2v) is 5.52. The van der Waals surface area contributed by atoms with Crippen LogP contribution in [0, 0.1) is 11.6 Å². The van der Waals surface area contributed by atoms with Crippen LogP contribution >= 0.6 is 11.8 Å². The summed E-state index contributed by atoms with van der Waals surface area (Å²) in [6.45, 7) is 4.73. The highest BCUT2D eigenvalue weighted by Crippen LogP contribution is 2.31. The quantitative estimate of drug-likeness (QED) is 0.532. The third-order valence-electron chi connectivity index (χ3n) is 3.37. The predicted molar refractivity (Wildman–Crippen MR) is 77.3 cm³/mol. The van der Waals surface area contributed by atoms with Crippen LogP contribution in [0.2, 0.25) is 0 Å². The molecule has 0 fully saturated rings. The Morgan fingerprint density at radius 1 is 1.26 bits per heavy atom. The van der Waals surface area contributed by atoms with Crippen molar-refractivity contribution in [1.29, 1.82) is 0 Å². The largest absolute Gasteiger partial charge is 0.366 e.